The Hall–Kier alpha value is -2.69. The normalized spacial score (nSPS) is 14.3. The topological polar surface area (TPSA) is 57.2 Å². The van der Waals surface area contributed by atoms with Gasteiger partial charge in [0.2, 0.25) is 0 Å². The fourth-order valence-electron chi connectivity index (χ4n) is 2.35. The Morgan fingerprint density at radius 1 is 1.10 bits per heavy atom. The van der Waals surface area contributed by atoms with Gasteiger partial charge in [0.1, 0.15) is 5.69 Å². The summed E-state index contributed by atoms with van der Waals surface area (Å²) < 4.78 is 0. The Bertz CT molecular complexity index is 739. The molecule has 3 heterocycles. The zero-order valence-electron chi connectivity index (χ0n) is 10.8. The predicted molar refractivity (Wildman–Crippen MR) is 80.0 cm³/mol. The Labute approximate surface area is 116 Å². The molecule has 2 aromatic heterocycles. The van der Waals surface area contributed by atoms with E-state index in [1.54, 1.807) is 0 Å². The van der Waals surface area contributed by atoms with Crippen LogP contribution in [0, 0.1) is 0 Å². The quantitative estimate of drug-likeness (QED) is 0.772. The molecular weight excluding hydrogens is 250 g/mol. The number of H-pyrrole nitrogens is 1. The second kappa shape index (κ2) is 4.45. The highest BCUT2D eigenvalue weighted by Gasteiger charge is 2.10. The van der Waals surface area contributed by atoms with E-state index < -0.39 is 0 Å². The predicted octanol–water partition coefficient (Wildman–Crippen LogP) is 2.47. The van der Waals surface area contributed by atoms with Gasteiger partial charge >= 0.3 is 0 Å². The van der Waals surface area contributed by atoms with Gasteiger partial charge in [0.15, 0.2) is 5.82 Å². The van der Waals surface area contributed by atoms with E-state index in [9.17, 15) is 0 Å². The van der Waals surface area contributed by atoms with Crippen LogP contribution in [-0.4, -0.2) is 34.4 Å². The minimum atomic E-state index is 0.799. The number of fused-ring (bicyclic) bond motifs is 1. The number of nitrogens with zero attached hydrogens (tertiary/aromatic N) is 4. The molecule has 1 N–H and O–H groups in total. The summed E-state index contributed by atoms with van der Waals surface area (Å²) in [6.45, 7) is 1.77. The Morgan fingerprint density at radius 3 is 2.80 bits per heavy atom. The number of pyridine rings is 1. The fourth-order valence-corrected chi connectivity index (χ4v) is 2.35. The van der Waals surface area contributed by atoms with Gasteiger partial charge in [-0.15, -0.1) is 0 Å². The highest BCUT2D eigenvalue weighted by Crippen LogP contribution is 2.21. The molecule has 98 valence electrons. The third-order valence-corrected chi connectivity index (χ3v) is 3.40. The minimum absolute atomic E-state index is 0.799. The summed E-state index contributed by atoms with van der Waals surface area (Å²) in [5, 5.41) is 0. The van der Waals surface area contributed by atoms with Gasteiger partial charge in [0.05, 0.1) is 35.8 Å². The van der Waals surface area contributed by atoms with Crippen LogP contribution in [0.2, 0.25) is 0 Å². The second-order valence-corrected chi connectivity index (χ2v) is 4.72. The standard InChI is InChI=1S/C15H13N5/c1-2-4-13-12(3-1)18-15(19-13)14-6-5-11(9-17-14)20-8-7-16-10-20/h1-6,9-10H,7-8H2,(H,18,19). The van der Waals surface area contributed by atoms with Gasteiger partial charge in [-0.05, 0) is 24.3 Å². The number of hydrogen-bond acceptors (Lipinski definition) is 4. The number of aliphatic imine (C=N–C) groups is 1. The number of nitrogens with one attached hydrogen (secondary N) is 1. The summed E-state index contributed by atoms with van der Waals surface area (Å²) in [4.78, 5) is 18.6. The van der Waals surface area contributed by atoms with E-state index in [0.717, 1.165) is 41.3 Å². The Morgan fingerprint density at radius 2 is 2.05 bits per heavy atom. The van der Waals surface area contributed by atoms with E-state index >= 15 is 0 Å². The van der Waals surface area contributed by atoms with Crippen LogP contribution in [0.1, 0.15) is 0 Å². The highest BCUT2D eigenvalue weighted by molar-refractivity contribution is 5.81. The van der Waals surface area contributed by atoms with Crippen molar-refractivity contribution >= 4 is 23.1 Å². The number of aromatic amines is 1. The Balaban J connectivity index is 1.69. The van der Waals surface area contributed by atoms with Crippen LogP contribution in [0.25, 0.3) is 22.6 Å². The molecule has 0 amide bonds. The lowest BCUT2D eigenvalue weighted by Crippen LogP contribution is -2.18. The molecule has 0 atom stereocenters. The maximum absolute atomic E-state index is 4.55. The molecule has 5 nitrogen and oxygen atoms in total. The summed E-state index contributed by atoms with van der Waals surface area (Å²) in [6, 6.07) is 12.0. The van der Waals surface area contributed by atoms with Crippen LogP contribution in [0.4, 0.5) is 5.69 Å². The van der Waals surface area contributed by atoms with Crippen molar-refractivity contribution in [1.29, 1.82) is 0 Å². The van der Waals surface area contributed by atoms with E-state index in [1.807, 2.05) is 48.9 Å². The third-order valence-electron chi connectivity index (χ3n) is 3.40. The molecule has 0 saturated heterocycles. The summed E-state index contributed by atoms with van der Waals surface area (Å²) in [7, 11) is 0. The van der Waals surface area contributed by atoms with Gasteiger partial charge in [-0.2, -0.15) is 0 Å². The first-order chi connectivity index (χ1) is 9.90. The lowest BCUT2D eigenvalue weighted by Gasteiger charge is -2.12. The van der Waals surface area contributed by atoms with Gasteiger partial charge in [-0.25, -0.2) is 4.98 Å². The zero-order valence-corrected chi connectivity index (χ0v) is 10.8. The molecule has 4 rings (SSSR count). The van der Waals surface area contributed by atoms with Crippen LogP contribution in [0.3, 0.4) is 0 Å². The number of aromatic nitrogens is 3. The summed E-state index contributed by atoms with van der Waals surface area (Å²) in [6.07, 6.45) is 3.72. The first kappa shape index (κ1) is 11.2. The first-order valence-electron chi connectivity index (χ1n) is 6.58. The van der Waals surface area contributed by atoms with E-state index in [4.69, 9.17) is 0 Å². The van der Waals surface area contributed by atoms with E-state index in [1.165, 1.54) is 0 Å². The second-order valence-electron chi connectivity index (χ2n) is 4.72. The SMILES string of the molecule is C1=NCCN1c1ccc(-c2nc3ccccc3[nH]2)nc1. The van der Waals surface area contributed by atoms with E-state index in [2.05, 4.69) is 24.8 Å². The van der Waals surface area contributed by atoms with Gasteiger partial charge in [-0.1, -0.05) is 12.1 Å². The van der Waals surface area contributed by atoms with Crippen molar-refractivity contribution in [2.45, 2.75) is 0 Å². The van der Waals surface area contributed by atoms with Crippen LogP contribution in [0.5, 0.6) is 0 Å². The molecule has 0 fully saturated rings. The highest BCUT2D eigenvalue weighted by atomic mass is 15.2. The average Bonchev–Trinajstić information content (AvgIpc) is 3.17. The summed E-state index contributed by atoms with van der Waals surface area (Å²) in [5.41, 5.74) is 3.90. The maximum Gasteiger partial charge on any atom is 0.157 e. The van der Waals surface area contributed by atoms with Crippen LogP contribution < -0.4 is 4.90 Å². The van der Waals surface area contributed by atoms with Crippen LogP contribution in [-0.2, 0) is 0 Å². The van der Waals surface area contributed by atoms with Gasteiger partial charge < -0.3 is 9.88 Å². The smallest absolute Gasteiger partial charge is 0.157 e. The van der Waals surface area contributed by atoms with Crippen LogP contribution in [0.15, 0.2) is 47.6 Å². The molecule has 1 aromatic carbocycles. The van der Waals surface area contributed by atoms with Gasteiger partial charge in [-0.3, -0.25) is 9.98 Å². The molecule has 3 aromatic rings. The molecule has 1 aliphatic rings. The van der Waals surface area contributed by atoms with E-state index in [0.29, 0.717) is 0 Å². The number of benzene rings is 1. The lowest BCUT2D eigenvalue weighted by molar-refractivity contribution is 1.02. The zero-order chi connectivity index (χ0) is 13.4. The fraction of sp³-hybridized carbons (Fsp3) is 0.133. The van der Waals surface area contributed by atoms with Crippen molar-refractivity contribution in [3.63, 3.8) is 0 Å². The van der Waals surface area contributed by atoms with E-state index in [-0.39, 0.29) is 0 Å². The molecule has 0 unspecified atom stereocenters. The Kier molecular flexibility index (Phi) is 2.48. The van der Waals surface area contributed by atoms with Crippen molar-refractivity contribution in [3.05, 3.63) is 42.6 Å². The number of hydrogen-bond donors (Lipinski definition) is 1. The average molecular weight is 263 g/mol. The summed E-state index contributed by atoms with van der Waals surface area (Å²) in [5.74, 6) is 0.799. The monoisotopic (exact) mass is 263 g/mol. The number of imidazole rings is 1. The van der Waals surface area contributed by atoms with Crippen molar-refractivity contribution < 1.29 is 0 Å². The lowest BCUT2D eigenvalue weighted by atomic mass is 10.3. The molecular formula is C15H13N5. The molecule has 0 spiro atoms. The molecule has 0 saturated carbocycles. The minimum Gasteiger partial charge on any atom is -0.337 e. The third kappa shape index (κ3) is 1.84. The van der Waals surface area contributed by atoms with Crippen molar-refractivity contribution in [3.8, 4) is 11.5 Å². The summed E-state index contributed by atoms with van der Waals surface area (Å²) >= 11 is 0. The van der Waals surface area contributed by atoms with Gasteiger partial charge in [0.25, 0.3) is 0 Å². The largest absolute Gasteiger partial charge is 0.337 e. The van der Waals surface area contributed by atoms with Crippen LogP contribution >= 0.6 is 0 Å². The molecule has 0 bridgehead atoms. The van der Waals surface area contributed by atoms with Crippen molar-refractivity contribution in [2.24, 2.45) is 4.99 Å². The number of anilines is 1. The van der Waals surface area contributed by atoms with Crippen molar-refractivity contribution in [2.75, 3.05) is 18.0 Å². The molecule has 0 aliphatic carbocycles. The molecule has 5 heteroatoms. The molecule has 0 radical (unpaired) electrons. The number of rotatable bonds is 2. The van der Waals surface area contributed by atoms with Crippen molar-refractivity contribution in [1.82, 2.24) is 15.0 Å². The molecule has 20 heavy (non-hydrogen) atoms. The molecule has 1 aliphatic heterocycles. The number of para-hydroxylation sites is 2. The maximum atomic E-state index is 4.55. The first-order valence-corrected chi connectivity index (χ1v) is 6.58. The van der Waals surface area contributed by atoms with Gasteiger partial charge in [0, 0.05) is 6.54 Å².